The van der Waals surface area contributed by atoms with Gasteiger partial charge in [0.15, 0.2) is 5.82 Å². The number of nitrogens with zero attached hydrogens (tertiary/aromatic N) is 4. The van der Waals surface area contributed by atoms with Crippen LogP contribution in [0.5, 0.6) is 0 Å². The first-order chi connectivity index (χ1) is 11.9. The van der Waals surface area contributed by atoms with E-state index in [1.54, 1.807) is 29.2 Å². The third-order valence-electron chi connectivity index (χ3n) is 4.41. The van der Waals surface area contributed by atoms with E-state index in [-0.39, 0.29) is 17.9 Å². The number of fused-ring (bicyclic) bond motifs is 1. The molecule has 2 aromatic rings. The molecule has 3 rings (SSSR count). The molecule has 0 unspecified atom stereocenters. The van der Waals surface area contributed by atoms with E-state index in [9.17, 15) is 9.59 Å². The second kappa shape index (κ2) is 6.66. The van der Waals surface area contributed by atoms with Crippen LogP contribution in [-0.4, -0.2) is 45.2 Å². The molecule has 0 bridgehead atoms. The van der Waals surface area contributed by atoms with Gasteiger partial charge < -0.3 is 14.2 Å². The first kappa shape index (κ1) is 17.1. The Labute approximate surface area is 146 Å². The number of esters is 1. The van der Waals surface area contributed by atoms with Crippen molar-refractivity contribution in [3.63, 3.8) is 0 Å². The van der Waals surface area contributed by atoms with Crippen molar-refractivity contribution in [1.82, 2.24) is 19.7 Å². The van der Waals surface area contributed by atoms with Crippen molar-refractivity contribution >= 4 is 11.9 Å². The van der Waals surface area contributed by atoms with Gasteiger partial charge in [-0.25, -0.2) is 4.79 Å². The number of amides is 1. The van der Waals surface area contributed by atoms with Gasteiger partial charge in [0.05, 0.1) is 25.3 Å². The smallest absolute Gasteiger partial charge is 0.337 e. The van der Waals surface area contributed by atoms with E-state index in [1.807, 2.05) is 0 Å². The van der Waals surface area contributed by atoms with Crippen LogP contribution in [-0.2, 0) is 11.3 Å². The van der Waals surface area contributed by atoms with Gasteiger partial charge in [0, 0.05) is 18.0 Å². The molecule has 2 heterocycles. The van der Waals surface area contributed by atoms with E-state index in [1.165, 1.54) is 7.11 Å². The molecule has 0 spiro atoms. The lowest BCUT2D eigenvalue weighted by molar-refractivity contribution is 0.0599. The first-order valence-electron chi connectivity index (χ1n) is 8.33. The number of hydrogen-bond donors (Lipinski definition) is 0. The van der Waals surface area contributed by atoms with Crippen LogP contribution in [0.25, 0.3) is 0 Å². The van der Waals surface area contributed by atoms with E-state index in [0.717, 1.165) is 11.6 Å². The Morgan fingerprint density at radius 1 is 1.16 bits per heavy atom. The van der Waals surface area contributed by atoms with E-state index in [2.05, 4.69) is 40.3 Å². The molecule has 0 saturated heterocycles. The number of rotatable bonds is 3. The molecule has 1 amide bonds. The molecule has 0 N–H and O–H groups in total. The molecule has 7 nitrogen and oxygen atoms in total. The highest BCUT2D eigenvalue weighted by Gasteiger charge is 2.30. The minimum absolute atomic E-state index is 0.0800. The van der Waals surface area contributed by atoms with Crippen molar-refractivity contribution in [2.75, 3.05) is 13.7 Å². The zero-order chi connectivity index (χ0) is 18.1. The Hall–Kier alpha value is -2.70. The summed E-state index contributed by atoms with van der Waals surface area (Å²) in [5.74, 6) is 1.55. The van der Waals surface area contributed by atoms with Gasteiger partial charge in [-0.05, 0) is 31.2 Å². The second-order valence-electron chi connectivity index (χ2n) is 6.60. The second-order valence-corrected chi connectivity index (χ2v) is 6.60. The molecule has 0 radical (unpaired) electrons. The number of hydrogen-bond acceptors (Lipinski definition) is 5. The molecule has 25 heavy (non-hydrogen) atoms. The highest BCUT2D eigenvalue weighted by molar-refractivity contribution is 5.96. The lowest BCUT2D eigenvalue weighted by Gasteiger charge is -2.33. The summed E-state index contributed by atoms with van der Waals surface area (Å²) in [5, 5.41) is 8.54. The summed E-state index contributed by atoms with van der Waals surface area (Å²) in [7, 11) is 1.33. The molecular weight excluding hydrogens is 320 g/mol. The third kappa shape index (κ3) is 3.14. The maximum atomic E-state index is 12.8. The molecular formula is C18H22N4O3. The quantitative estimate of drug-likeness (QED) is 0.801. The molecule has 1 aliphatic rings. The molecule has 1 atom stereocenters. The lowest BCUT2D eigenvalue weighted by Crippen LogP contribution is -2.40. The molecule has 1 aromatic heterocycles. The summed E-state index contributed by atoms with van der Waals surface area (Å²) in [6.07, 6.45) is 0. The Balaban J connectivity index is 1.81. The maximum Gasteiger partial charge on any atom is 0.337 e. The van der Waals surface area contributed by atoms with Gasteiger partial charge in [-0.2, -0.15) is 0 Å². The van der Waals surface area contributed by atoms with Crippen LogP contribution in [0.15, 0.2) is 24.3 Å². The van der Waals surface area contributed by atoms with Crippen molar-refractivity contribution in [2.45, 2.75) is 39.3 Å². The summed E-state index contributed by atoms with van der Waals surface area (Å²) >= 11 is 0. The van der Waals surface area contributed by atoms with Gasteiger partial charge in [0.1, 0.15) is 5.82 Å². The Morgan fingerprint density at radius 2 is 1.80 bits per heavy atom. The van der Waals surface area contributed by atoms with Crippen LogP contribution in [0.2, 0.25) is 0 Å². The lowest BCUT2D eigenvalue weighted by atomic mass is 10.1. The minimum atomic E-state index is -0.417. The van der Waals surface area contributed by atoms with Crippen molar-refractivity contribution in [3.05, 3.63) is 47.0 Å². The SMILES string of the molecule is COC(=O)c1ccc(C(=O)N2Cc3nnc(C(C)C)n3[C@@H](C)C2)cc1. The van der Waals surface area contributed by atoms with Gasteiger partial charge in [-0.3, -0.25) is 4.79 Å². The van der Waals surface area contributed by atoms with Crippen molar-refractivity contribution in [1.29, 1.82) is 0 Å². The van der Waals surface area contributed by atoms with Crippen LogP contribution in [0.3, 0.4) is 0 Å². The normalized spacial score (nSPS) is 16.7. The van der Waals surface area contributed by atoms with Gasteiger partial charge in [0.25, 0.3) is 5.91 Å². The zero-order valence-corrected chi connectivity index (χ0v) is 14.9. The fourth-order valence-electron chi connectivity index (χ4n) is 3.16. The molecule has 1 aromatic carbocycles. The number of methoxy groups -OCH3 is 1. The van der Waals surface area contributed by atoms with E-state index < -0.39 is 5.97 Å². The first-order valence-corrected chi connectivity index (χ1v) is 8.33. The van der Waals surface area contributed by atoms with Crippen LogP contribution < -0.4 is 0 Å². The predicted molar refractivity (Wildman–Crippen MR) is 91.3 cm³/mol. The third-order valence-corrected chi connectivity index (χ3v) is 4.41. The summed E-state index contributed by atoms with van der Waals surface area (Å²) in [5.41, 5.74) is 0.962. The number of aromatic nitrogens is 3. The number of carbonyl (C=O) groups is 2. The fourth-order valence-corrected chi connectivity index (χ4v) is 3.16. The van der Waals surface area contributed by atoms with Crippen LogP contribution >= 0.6 is 0 Å². The predicted octanol–water partition coefficient (Wildman–Crippen LogP) is 2.41. The van der Waals surface area contributed by atoms with Crippen LogP contribution in [0.1, 0.15) is 65.1 Å². The summed E-state index contributed by atoms with van der Waals surface area (Å²) < 4.78 is 6.81. The zero-order valence-electron chi connectivity index (χ0n) is 14.9. The largest absolute Gasteiger partial charge is 0.465 e. The fraction of sp³-hybridized carbons (Fsp3) is 0.444. The summed E-state index contributed by atoms with van der Waals surface area (Å²) in [6.45, 7) is 7.28. The highest BCUT2D eigenvalue weighted by atomic mass is 16.5. The van der Waals surface area contributed by atoms with Crippen LogP contribution in [0.4, 0.5) is 0 Å². The van der Waals surface area contributed by atoms with Crippen LogP contribution in [0, 0.1) is 0 Å². The minimum Gasteiger partial charge on any atom is -0.465 e. The molecule has 0 fully saturated rings. The standard InChI is InChI=1S/C18H22N4O3/c1-11(2)16-20-19-15-10-21(9-12(3)22(15)16)17(23)13-5-7-14(8-6-13)18(24)25-4/h5-8,11-12H,9-10H2,1-4H3/t12-/m0/s1. The Bertz CT molecular complexity index is 795. The number of carbonyl (C=O) groups excluding carboxylic acids is 2. The highest BCUT2D eigenvalue weighted by Crippen LogP contribution is 2.26. The molecule has 1 aliphatic heterocycles. The maximum absolute atomic E-state index is 12.8. The van der Waals surface area contributed by atoms with E-state index >= 15 is 0 Å². The van der Waals surface area contributed by atoms with Gasteiger partial charge >= 0.3 is 5.97 Å². The monoisotopic (exact) mass is 342 g/mol. The van der Waals surface area contributed by atoms with Gasteiger partial charge in [-0.15, -0.1) is 10.2 Å². The summed E-state index contributed by atoms with van der Waals surface area (Å²) in [6, 6.07) is 6.63. The van der Waals surface area contributed by atoms with Gasteiger partial charge in [-0.1, -0.05) is 13.8 Å². The van der Waals surface area contributed by atoms with Crippen molar-refractivity contribution < 1.29 is 14.3 Å². The van der Waals surface area contributed by atoms with Crippen molar-refractivity contribution in [2.24, 2.45) is 0 Å². The molecule has 0 aliphatic carbocycles. The number of ether oxygens (including phenoxy) is 1. The molecule has 0 saturated carbocycles. The Kier molecular flexibility index (Phi) is 4.57. The topological polar surface area (TPSA) is 77.3 Å². The van der Waals surface area contributed by atoms with Gasteiger partial charge in [0.2, 0.25) is 0 Å². The average Bonchev–Trinajstić information content (AvgIpc) is 3.05. The molecule has 132 valence electrons. The average molecular weight is 342 g/mol. The Morgan fingerprint density at radius 3 is 2.40 bits per heavy atom. The van der Waals surface area contributed by atoms with E-state index in [4.69, 9.17) is 0 Å². The molecule has 7 heteroatoms. The van der Waals surface area contributed by atoms with E-state index in [0.29, 0.717) is 24.2 Å². The van der Waals surface area contributed by atoms with Crippen molar-refractivity contribution in [3.8, 4) is 0 Å². The summed E-state index contributed by atoms with van der Waals surface area (Å²) in [4.78, 5) is 26.1. The number of benzene rings is 1.